The molecule has 0 atom stereocenters. The van der Waals surface area contributed by atoms with Crippen molar-refractivity contribution in [1.82, 2.24) is 4.57 Å². The Morgan fingerprint density at radius 2 is 1.85 bits per heavy atom. The van der Waals surface area contributed by atoms with E-state index < -0.39 is 10.0 Å². The van der Waals surface area contributed by atoms with Crippen LogP contribution in [0.4, 0.5) is 5.69 Å². The molecule has 1 aliphatic rings. The Morgan fingerprint density at radius 1 is 1.15 bits per heavy atom. The highest BCUT2D eigenvalue weighted by Crippen LogP contribution is 2.35. The number of nitrogens with zero attached hydrogens (tertiary/aromatic N) is 1. The van der Waals surface area contributed by atoms with Crippen LogP contribution in [0.25, 0.3) is 11.1 Å². The molecule has 6 nitrogen and oxygen atoms in total. The lowest BCUT2D eigenvalue weighted by Crippen LogP contribution is -2.20. The number of anilines is 1. The van der Waals surface area contributed by atoms with Crippen LogP contribution in [-0.2, 0) is 17.1 Å². The van der Waals surface area contributed by atoms with Gasteiger partial charge in [0.15, 0.2) is 0 Å². The molecule has 2 aromatic rings. The molecule has 0 radical (unpaired) electrons. The summed E-state index contributed by atoms with van der Waals surface area (Å²) in [5.74, 6) is 0.707. The molecule has 0 bridgehead atoms. The first-order valence-electron chi connectivity index (χ1n) is 9.19. The fourth-order valence-corrected chi connectivity index (χ4v) is 4.08. The molecule has 1 saturated carbocycles. The Balaban J connectivity index is 2.05. The van der Waals surface area contributed by atoms with Crippen molar-refractivity contribution in [2.24, 2.45) is 7.05 Å². The highest BCUT2D eigenvalue weighted by atomic mass is 32.2. The molecular weight excluding hydrogens is 364 g/mol. The monoisotopic (exact) mass is 390 g/mol. The van der Waals surface area contributed by atoms with E-state index in [1.807, 2.05) is 6.07 Å². The molecule has 0 aliphatic heterocycles. The molecule has 146 valence electrons. The summed E-state index contributed by atoms with van der Waals surface area (Å²) in [7, 11) is -1.68. The SMILES string of the molecule is Cc1cc(-c2cc(NS(C)(=O)=O)ccc2OC2CCCCC2)cn(C)c1=O. The van der Waals surface area contributed by atoms with Gasteiger partial charge in [-0.2, -0.15) is 0 Å². The van der Waals surface area contributed by atoms with Crippen molar-refractivity contribution >= 4 is 15.7 Å². The van der Waals surface area contributed by atoms with Gasteiger partial charge >= 0.3 is 0 Å². The van der Waals surface area contributed by atoms with Crippen LogP contribution in [0.15, 0.2) is 35.3 Å². The molecule has 1 N–H and O–H groups in total. The lowest BCUT2D eigenvalue weighted by molar-refractivity contribution is 0.156. The van der Waals surface area contributed by atoms with Crippen molar-refractivity contribution in [3.63, 3.8) is 0 Å². The van der Waals surface area contributed by atoms with Crippen LogP contribution in [0.3, 0.4) is 0 Å². The molecular formula is C20H26N2O4S. The maximum atomic E-state index is 12.0. The van der Waals surface area contributed by atoms with Gasteiger partial charge in [0.05, 0.1) is 12.4 Å². The largest absolute Gasteiger partial charge is 0.490 e. The number of aryl methyl sites for hydroxylation is 2. The van der Waals surface area contributed by atoms with Crippen molar-refractivity contribution in [3.8, 4) is 16.9 Å². The van der Waals surface area contributed by atoms with Crippen molar-refractivity contribution in [3.05, 3.63) is 46.4 Å². The first-order valence-corrected chi connectivity index (χ1v) is 11.1. The highest BCUT2D eigenvalue weighted by molar-refractivity contribution is 7.92. The summed E-state index contributed by atoms with van der Waals surface area (Å²) in [6, 6.07) is 7.09. The lowest BCUT2D eigenvalue weighted by Gasteiger charge is -2.25. The minimum atomic E-state index is -3.39. The van der Waals surface area contributed by atoms with E-state index in [1.165, 1.54) is 11.0 Å². The zero-order valence-electron chi connectivity index (χ0n) is 16.0. The second-order valence-electron chi connectivity index (χ2n) is 7.29. The molecule has 3 rings (SSSR count). The number of hydrogen-bond acceptors (Lipinski definition) is 4. The maximum absolute atomic E-state index is 12.0. The highest BCUT2D eigenvalue weighted by Gasteiger charge is 2.18. The van der Waals surface area contributed by atoms with E-state index in [1.54, 1.807) is 38.4 Å². The second-order valence-corrected chi connectivity index (χ2v) is 9.04. The third kappa shape index (κ3) is 4.91. The second kappa shape index (κ2) is 7.76. The molecule has 7 heteroatoms. The van der Waals surface area contributed by atoms with Gasteiger partial charge in [0.1, 0.15) is 5.75 Å². The first-order chi connectivity index (χ1) is 12.7. The summed E-state index contributed by atoms with van der Waals surface area (Å²) in [5.41, 5.74) is 2.62. The molecule has 0 saturated heterocycles. The van der Waals surface area contributed by atoms with Crippen LogP contribution in [0.5, 0.6) is 5.75 Å². The van der Waals surface area contributed by atoms with Crippen molar-refractivity contribution in [2.75, 3.05) is 11.0 Å². The number of hydrogen-bond donors (Lipinski definition) is 1. The van der Waals surface area contributed by atoms with E-state index in [4.69, 9.17) is 4.74 Å². The third-order valence-electron chi connectivity index (χ3n) is 4.80. The van der Waals surface area contributed by atoms with Gasteiger partial charge in [0.25, 0.3) is 5.56 Å². The molecule has 0 spiro atoms. The molecule has 1 aliphatic carbocycles. The summed E-state index contributed by atoms with van der Waals surface area (Å²) >= 11 is 0. The van der Waals surface area contributed by atoms with Gasteiger partial charge in [-0.1, -0.05) is 6.42 Å². The topological polar surface area (TPSA) is 77.4 Å². The fraction of sp³-hybridized carbons (Fsp3) is 0.450. The summed E-state index contributed by atoms with van der Waals surface area (Å²) in [6.45, 7) is 1.77. The molecule has 1 fully saturated rings. The minimum Gasteiger partial charge on any atom is -0.490 e. The van der Waals surface area contributed by atoms with Crippen LogP contribution in [-0.4, -0.2) is 25.3 Å². The molecule has 0 unspecified atom stereocenters. The van der Waals surface area contributed by atoms with Crippen LogP contribution < -0.4 is 15.0 Å². The summed E-state index contributed by atoms with van der Waals surface area (Å²) in [5, 5.41) is 0. The van der Waals surface area contributed by atoms with Crippen molar-refractivity contribution in [1.29, 1.82) is 0 Å². The van der Waals surface area contributed by atoms with Gasteiger partial charge in [0.2, 0.25) is 10.0 Å². The van der Waals surface area contributed by atoms with Crippen molar-refractivity contribution in [2.45, 2.75) is 45.1 Å². The van der Waals surface area contributed by atoms with Gasteiger partial charge < -0.3 is 9.30 Å². The van der Waals surface area contributed by atoms with Crippen LogP contribution in [0.2, 0.25) is 0 Å². The average molecular weight is 391 g/mol. The van der Waals surface area contributed by atoms with E-state index in [-0.39, 0.29) is 11.7 Å². The maximum Gasteiger partial charge on any atom is 0.253 e. The Hall–Kier alpha value is -2.28. The number of benzene rings is 1. The van der Waals surface area contributed by atoms with Crippen LogP contribution in [0, 0.1) is 6.92 Å². The van der Waals surface area contributed by atoms with Gasteiger partial charge in [-0.05, 0) is 56.9 Å². The number of rotatable bonds is 5. The van der Waals surface area contributed by atoms with E-state index in [2.05, 4.69) is 4.72 Å². The molecule has 1 heterocycles. The average Bonchev–Trinajstić information content (AvgIpc) is 2.60. The normalized spacial score (nSPS) is 15.5. The standard InChI is InChI=1S/C20H26N2O4S/c1-14-11-15(13-22(2)20(14)23)18-12-16(21-27(3,24)25)9-10-19(18)26-17-7-5-4-6-8-17/h9-13,17,21H,4-8H2,1-3H3. The number of sulfonamides is 1. The summed E-state index contributed by atoms with van der Waals surface area (Å²) in [4.78, 5) is 12.0. The first kappa shape index (κ1) is 19.5. The Labute approximate surface area is 160 Å². The third-order valence-corrected chi connectivity index (χ3v) is 5.41. The molecule has 1 aromatic carbocycles. The summed E-state index contributed by atoms with van der Waals surface area (Å²) in [6.07, 6.45) is 8.64. The van der Waals surface area contributed by atoms with Gasteiger partial charge in [-0.15, -0.1) is 0 Å². The quantitative estimate of drug-likeness (QED) is 0.848. The van der Waals surface area contributed by atoms with Gasteiger partial charge in [0, 0.05) is 35.6 Å². The van der Waals surface area contributed by atoms with Gasteiger partial charge in [-0.3, -0.25) is 9.52 Å². The zero-order valence-corrected chi connectivity index (χ0v) is 16.8. The Morgan fingerprint density at radius 3 is 2.48 bits per heavy atom. The number of pyridine rings is 1. The number of nitrogens with one attached hydrogen (secondary N) is 1. The zero-order chi connectivity index (χ0) is 19.6. The summed E-state index contributed by atoms with van der Waals surface area (Å²) < 4.78 is 33.5. The molecule has 0 amide bonds. The molecule has 27 heavy (non-hydrogen) atoms. The van der Waals surface area contributed by atoms with E-state index in [0.29, 0.717) is 17.0 Å². The molecule has 1 aromatic heterocycles. The number of aromatic nitrogens is 1. The Kier molecular flexibility index (Phi) is 5.60. The van der Waals surface area contributed by atoms with Crippen LogP contribution >= 0.6 is 0 Å². The fourth-order valence-electron chi connectivity index (χ4n) is 3.52. The van der Waals surface area contributed by atoms with E-state index in [0.717, 1.165) is 43.1 Å². The Bertz CT molecular complexity index is 963. The minimum absolute atomic E-state index is 0.0566. The van der Waals surface area contributed by atoms with Crippen LogP contribution in [0.1, 0.15) is 37.7 Å². The lowest BCUT2D eigenvalue weighted by atomic mass is 9.97. The van der Waals surface area contributed by atoms with Crippen molar-refractivity contribution < 1.29 is 13.2 Å². The predicted molar refractivity (Wildman–Crippen MR) is 108 cm³/mol. The van der Waals surface area contributed by atoms with Gasteiger partial charge in [-0.25, -0.2) is 8.42 Å². The van der Waals surface area contributed by atoms with E-state index in [9.17, 15) is 13.2 Å². The predicted octanol–water partition coefficient (Wildman–Crippen LogP) is 3.44. The smallest absolute Gasteiger partial charge is 0.253 e. The van der Waals surface area contributed by atoms with E-state index >= 15 is 0 Å². The number of ether oxygens (including phenoxy) is 1.